The number of ether oxygens (including phenoxy) is 2. The number of nitrogens with one attached hydrogen (secondary N) is 2. The topological polar surface area (TPSA) is 80.9 Å². The quantitative estimate of drug-likeness (QED) is 0.423. The molecule has 0 spiro atoms. The van der Waals surface area contributed by atoms with E-state index in [9.17, 15) is 0 Å². The maximum Gasteiger partial charge on any atom is 0.191 e. The molecule has 0 saturated carbocycles. The van der Waals surface area contributed by atoms with Gasteiger partial charge >= 0.3 is 0 Å². The van der Waals surface area contributed by atoms with Gasteiger partial charge in [0.05, 0.1) is 38.2 Å². The van der Waals surface area contributed by atoms with E-state index < -0.39 is 0 Å². The zero-order valence-corrected chi connectivity index (χ0v) is 15.7. The van der Waals surface area contributed by atoms with Crippen molar-refractivity contribution in [1.29, 1.82) is 0 Å². The molecule has 2 rings (SSSR count). The molecule has 1 aliphatic heterocycles. The summed E-state index contributed by atoms with van der Waals surface area (Å²) in [7, 11) is 0. The fourth-order valence-electron chi connectivity index (χ4n) is 2.09. The molecule has 1 aliphatic rings. The molecule has 2 N–H and O–H groups in total. The highest BCUT2D eigenvalue weighted by atomic mass is 127. The predicted molar refractivity (Wildman–Crippen MR) is 94.8 cm³/mol. The number of rotatable bonds is 5. The first-order valence-corrected chi connectivity index (χ1v) is 7.34. The van der Waals surface area contributed by atoms with E-state index in [4.69, 9.17) is 14.0 Å². The van der Waals surface area contributed by atoms with E-state index in [-0.39, 0.29) is 30.1 Å². The van der Waals surface area contributed by atoms with Crippen LogP contribution in [0.15, 0.2) is 9.52 Å². The summed E-state index contributed by atoms with van der Waals surface area (Å²) >= 11 is 0. The number of guanidine groups is 1. The Labute approximate surface area is 148 Å². The number of halogens is 1. The first-order valence-electron chi connectivity index (χ1n) is 7.34. The molecular weight excluding hydrogens is 399 g/mol. The van der Waals surface area contributed by atoms with Gasteiger partial charge in [-0.1, -0.05) is 5.16 Å². The molecule has 0 aromatic carbocycles. The summed E-state index contributed by atoms with van der Waals surface area (Å²) in [5.74, 6) is 1.57. The number of aromatic nitrogens is 1. The van der Waals surface area contributed by atoms with Crippen molar-refractivity contribution in [3.05, 3.63) is 17.0 Å². The highest BCUT2D eigenvalue weighted by molar-refractivity contribution is 14.0. The van der Waals surface area contributed by atoms with Crippen LogP contribution < -0.4 is 10.6 Å². The summed E-state index contributed by atoms with van der Waals surface area (Å²) < 4.78 is 16.1. The summed E-state index contributed by atoms with van der Waals surface area (Å²) in [5.41, 5.74) is 1.92. The van der Waals surface area contributed by atoms with Gasteiger partial charge in [-0.05, 0) is 20.8 Å². The Kier molecular flexibility index (Phi) is 8.72. The van der Waals surface area contributed by atoms with Crippen LogP contribution >= 0.6 is 24.0 Å². The van der Waals surface area contributed by atoms with Gasteiger partial charge in [-0.2, -0.15) is 0 Å². The highest BCUT2D eigenvalue weighted by Gasteiger charge is 2.14. The van der Waals surface area contributed by atoms with E-state index in [1.54, 1.807) is 0 Å². The molecule has 1 atom stereocenters. The molecule has 7 nitrogen and oxygen atoms in total. The second-order valence-corrected chi connectivity index (χ2v) is 4.95. The van der Waals surface area contributed by atoms with E-state index in [0.717, 1.165) is 29.5 Å². The van der Waals surface area contributed by atoms with Crippen LogP contribution in [0.4, 0.5) is 0 Å². The molecular formula is C14H25IN4O3. The molecule has 1 unspecified atom stereocenters. The van der Waals surface area contributed by atoms with Crippen molar-refractivity contribution in [2.45, 2.75) is 33.4 Å². The average Bonchev–Trinajstić information content (AvgIpc) is 2.82. The third kappa shape index (κ3) is 5.73. The molecule has 1 aromatic rings. The molecule has 0 radical (unpaired) electrons. The van der Waals surface area contributed by atoms with Crippen LogP contribution in [-0.4, -0.2) is 50.1 Å². The van der Waals surface area contributed by atoms with Gasteiger partial charge < -0.3 is 24.6 Å². The fraction of sp³-hybridized carbons (Fsp3) is 0.714. The van der Waals surface area contributed by atoms with Gasteiger partial charge in [0, 0.05) is 18.7 Å². The summed E-state index contributed by atoms with van der Waals surface area (Å²) in [6, 6.07) is 0. The number of aliphatic imine (C=N–C) groups is 1. The van der Waals surface area contributed by atoms with E-state index in [2.05, 4.69) is 20.8 Å². The highest BCUT2D eigenvalue weighted by Crippen LogP contribution is 2.12. The minimum absolute atomic E-state index is 0. The monoisotopic (exact) mass is 424 g/mol. The third-order valence-electron chi connectivity index (χ3n) is 3.30. The van der Waals surface area contributed by atoms with Crippen LogP contribution in [0.5, 0.6) is 0 Å². The van der Waals surface area contributed by atoms with Crippen molar-refractivity contribution in [2.24, 2.45) is 4.99 Å². The number of hydrogen-bond donors (Lipinski definition) is 2. The van der Waals surface area contributed by atoms with Crippen LogP contribution in [0.1, 0.15) is 23.9 Å². The first kappa shape index (κ1) is 19.2. The zero-order valence-electron chi connectivity index (χ0n) is 13.3. The van der Waals surface area contributed by atoms with Crippen molar-refractivity contribution < 1.29 is 14.0 Å². The standard InChI is InChI=1S/C14H24N4O3.HI/c1-4-15-14(16-7-12-9-19-5-6-20-12)17-8-13-10(2)18-21-11(13)3;/h12H,4-9H2,1-3H3,(H2,15,16,17);1H. The van der Waals surface area contributed by atoms with Crippen molar-refractivity contribution in [3.63, 3.8) is 0 Å². The van der Waals surface area contributed by atoms with E-state index >= 15 is 0 Å². The zero-order chi connectivity index (χ0) is 15.1. The van der Waals surface area contributed by atoms with Crippen LogP contribution in [0, 0.1) is 13.8 Å². The maximum absolute atomic E-state index is 5.60. The largest absolute Gasteiger partial charge is 0.376 e. The number of nitrogens with zero attached hydrogens (tertiary/aromatic N) is 2. The van der Waals surface area contributed by atoms with Crippen molar-refractivity contribution >= 4 is 29.9 Å². The number of hydrogen-bond acceptors (Lipinski definition) is 5. The molecule has 0 amide bonds. The SMILES string of the molecule is CCNC(=NCc1c(C)noc1C)NCC1COCCO1.I. The van der Waals surface area contributed by atoms with Gasteiger partial charge in [0.25, 0.3) is 0 Å². The molecule has 1 aromatic heterocycles. The summed E-state index contributed by atoms with van der Waals surface area (Å²) in [5, 5.41) is 10.4. The molecule has 2 heterocycles. The second kappa shape index (κ2) is 10.0. The second-order valence-electron chi connectivity index (χ2n) is 4.95. The Bertz CT molecular complexity index is 453. The lowest BCUT2D eigenvalue weighted by molar-refractivity contribution is -0.0850. The Balaban J connectivity index is 0.00000242. The van der Waals surface area contributed by atoms with Crippen LogP contribution in [0.2, 0.25) is 0 Å². The molecule has 126 valence electrons. The van der Waals surface area contributed by atoms with E-state index in [1.165, 1.54) is 0 Å². The van der Waals surface area contributed by atoms with Crippen LogP contribution in [-0.2, 0) is 16.0 Å². The van der Waals surface area contributed by atoms with Gasteiger partial charge in [-0.15, -0.1) is 24.0 Å². The first-order chi connectivity index (χ1) is 10.2. The van der Waals surface area contributed by atoms with Gasteiger partial charge in [-0.25, -0.2) is 4.99 Å². The molecule has 0 bridgehead atoms. The predicted octanol–water partition coefficient (Wildman–Crippen LogP) is 1.38. The molecule has 0 aliphatic carbocycles. The Morgan fingerprint density at radius 2 is 2.14 bits per heavy atom. The van der Waals surface area contributed by atoms with E-state index in [1.807, 2.05) is 20.8 Å². The molecule has 8 heteroatoms. The Morgan fingerprint density at radius 1 is 1.32 bits per heavy atom. The Hall–Kier alpha value is -0.870. The molecule has 1 saturated heterocycles. The molecule has 1 fully saturated rings. The lowest BCUT2D eigenvalue weighted by Crippen LogP contribution is -2.44. The van der Waals surface area contributed by atoms with Gasteiger partial charge in [0.15, 0.2) is 5.96 Å². The van der Waals surface area contributed by atoms with Crippen molar-refractivity contribution in [2.75, 3.05) is 32.9 Å². The van der Waals surface area contributed by atoms with E-state index in [0.29, 0.717) is 32.9 Å². The minimum Gasteiger partial charge on any atom is -0.376 e. The van der Waals surface area contributed by atoms with Crippen LogP contribution in [0.25, 0.3) is 0 Å². The third-order valence-corrected chi connectivity index (χ3v) is 3.30. The van der Waals surface area contributed by atoms with Gasteiger partial charge in [0.1, 0.15) is 5.76 Å². The summed E-state index contributed by atoms with van der Waals surface area (Å²) in [4.78, 5) is 4.56. The molecule has 22 heavy (non-hydrogen) atoms. The Morgan fingerprint density at radius 3 is 2.73 bits per heavy atom. The van der Waals surface area contributed by atoms with Crippen molar-refractivity contribution in [1.82, 2.24) is 15.8 Å². The summed E-state index contributed by atoms with van der Waals surface area (Å²) in [6.07, 6.45) is 0.0710. The van der Waals surface area contributed by atoms with Gasteiger partial charge in [0.2, 0.25) is 0 Å². The lowest BCUT2D eigenvalue weighted by atomic mass is 10.2. The van der Waals surface area contributed by atoms with Crippen molar-refractivity contribution in [3.8, 4) is 0 Å². The van der Waals surface area contributed by atoms with Gasteiger partial charge in [-0.3, -0.25) is 0 Å². The number of aryl methyl sites for hydroxylation is 2. The maximum atomic E-state index is 5.60. The fourth-order valence-corrected chi connectivity index (χ4v) is 2.09. The summed E-state index contributed by atoms with van der Waals surface area (Å²) in [6.45, 7) is 9.83. The minimum atomic E-state index is 0. The normalized spacial score (nSPS) is 18.7. The van der Waals surface area contributed by atoms with Crippen LogP contribution in [0.3, 0.4) is 0 Å². The smallest absolute Gasteiger partial charge is 0.191 e. The lowest BCUT2D eigenvalue weighted by Gasteiger charge is -2.24. The average molecular weight is 424 g/mol.